The topological polar surface area (TPSA) is 46.5 Å². The highest BCUT2D eigenvalue weighted by Gasteiger charge is 1.93. The van der Waals surface area contributed by atoms with Crippen LogP contribution in [0.4, 0.5) is 0 Å². The molecule has 0 amide bonds. The molecule has 0 aromatic heterocycles. The van der Waals surface area contributed by atoms with Gasteiger partial charge in [0.05, 0.1) is 6.61 Å². The summed E-state index contributed by atoms with van der Waals surface area (Å²) in [5.41, 5.74) is 0.837. The summed E-state index contributed by atoms with van der Waals surface area (Å²) < 4.78 is 5.35. The number of ether oxygens (including phenoxy) is 1. The van der Waals surface area contributed by atoms with Crippen LogP contribution in [-0.4, -0.2) is 23.0 Å². The molecular formula is C11H11BrO3. The van der Waals surface area contributed by atoms with Gasteiger partial charge in [-0.1, -0.05) is 28.1 Å². The zero-order valence-electron chi connectivity index (χ0n) is 8.02. The van der Waals surface area contributed by atoms with Crippen LogP contribution in [0.3, 0.4) is 0 Å². The molecule has 0 bridgehead atoms. The molecule has 4 heteroatoms. The largest absolute Gasteiger partial charge is 0.493 e. The molecule has 0 aliphatic rings. The van der Waals surface area contributed by atoms with Crippen molar-refractivity contribution in [3.8, 4) is 5.75 Å². The molecule has 0 atom stereocenters. The second-order valence-corrected chi connectivity index (χ2v) is 3.57. The first-order chi connectivity index (χ1) is 7.22. The highest BCUT2D eigenvalue weighted by atomic mass is 79.9. The summed E-state index contributed by atoms with van der Waals surface area (Å²) in [5.74, 6) is -0.170. The highest BCUT2D eigenvalue weighted by molar-refractivity contribution is 9.09. The molecule has 1 aromatic rings. The van der Waals surface area contributed by atoms with Crippen LogP contribution < -0.4 is 4.74 Å². The van der Waals surface area contributed by atoms with Crippen molar-refractivity contribution in [1.29, 1.82) is 0 Å². The van der Waals surface area contributed by atoms with Crippen molar-refractivity contribution in [3.05, 3.63) is 35.9 Å². The Labute approximate surface area is 96.5 Å². The summed E-state index contributed by atoms with van der Waals surface area (Å²) in [6, 6.07) is 7.24. The number of alkyl halides is 1. The normalized spacial score (nSPS) is 10.5. The van der Waals surface area contributed by atoms with Gasteiger partial charge in [-0.2, -0.15) is 0 Å². The van der Waals surface area contributed by atoms with E-state index < -0.39 is 5.97 Å². The fourth-order valence-corrected chi connectivity index (χ4v) is 1.16. The Kier molecular flexibility index (Phi) is 4.90. The lowest BCUT2D eigenvalue weighted by Crippen LogP contribution is -1.97. The molecule has 80 valence electrons. The number of hydrogen-bond acceptors (Lipinski definition) is 2. The van der Waals surface area contributed by atoms with Crippen LogP contribution in [0.1, 0.15) is 5.56 Å². The van der Waals surface area contributed by atoms with Crippen LogP contribution in [0.25, 0.3) is 6.08 Å². The molecule has 0 heterocycles. The average molecular weight is 271 g/mol. The van der Waals surface area contributed by atoms with Gasteiger partial charge < -0.3 is 9.84 Å². The van der Waals surface area contributed by atoms with Crippen molar-refractivity contribution in [2.75, 3.05) is 11.9 Å². The predicted molar refractivity (Wildman–Crippen MR) is 62.4 cm³/mol. The molecule has 0 radical (unpaired) electrons. The molecule has 0 aliphatic carbocycles. The third-order valence-electron chi connectivity index (χ3n) is 1.64. The Morgan fingerprint density at radius 3 is 2.60 bits per heavy atom. The van der Waals surface area contributed by atoms with E-state index >= 15 is 0 Å². The second kappa shape index (κ2) is 6.24. The maximum absolute atomic E-state index is 10.3. The number of aliphatic carboxylic acids is 1. The van der Waals surface area contributed by atoms with Crippen molar-refractivity contribution >= 4 is 28.0 Å². The molecule has 0 spiro atoms. The molecular weight excluding hydrogens is 260 g/mol. The molecule has 0 saturated heterocycles. The van der Waals surface area contributed by atoms with Gasteiger partial charge in [0.2, 0.25) is 0 Å². The van der Waals surface area contributed by atoms with Gasteiger partial charge in [0.25, 0.3) is 0 Å². The lowest BCUT2D eigenvalue weighted by Gasteiger charge is -2.03. The van der Waals surface area contributed by atoms with Gasteiger partial charge in [0.1, 0.15) is 5.75 Å². The third kappa shape index (κ3) is 4.65. The molecule has 15 heavy (non-hydrogen) atoms. The average Bonchev–Trinajstić information content (AvgIpc) is 2.25. The van der Waals surface area contributed by atoms with E-state index in [1.54, 1.807) is 0 Å². The first-order valence-electron chi connectivity index (χ1n) is 4.42. The van der Waals surface area contributed by atoms with Crippen LogP contribution in [0.5, 0.6) is 5.75 Å². The van der Waals surface area contributed by atoms with Gasteiger partial charge in [-0.25, -0.2) is 4.79 Å². The number of halogens is 1. The summed E-state index contributed by atoms with van der Waals surface area (Å²) in [6.07, 6.45) is 2.64. The van der Waals surface area contributed by atoms with E-state index in [1.165, 1.54) is 6.08 Å². The monoisotopic (exact) mass is 270 g/mol. The molecule has 0 aliphatic heterocycles. The first-order valence-corrected chi connectivity index (χ1v) is 5.54. The summed E-state index contributed by atoms with van der Waals surface area (Å²) in [4.78, 5) is 10.3. The minimum absolute atomic E-state index is 0.615. The SMILES string of the molecule is O=C(O)/C=C/c1ccc(OCCBr)cc1. The zero-order valence-corrected chi connectivity index (χ0v) is 9.61. The number of rotatable bonds is 5. The van der Waals surface area contributed by atoms with Crippen LogP contribution in [0, 0.1) is 0 Å². The van der Waals surface area contributed by atoms with E-state index in [9.17, 15) is 4.79 Å². The zero-order chi connectivity index (χ0) is 11.1. The minimum Gasteiger partial charge on any atom is -0.493 e. The van der Waals surface area contributed by atoms with E-state index in [2.05, 4.69) is 15.9 Å². The van der Waals surface area contributed by atoms with Crippen molar-refractivity contribution in [3.63, 3.8) is 0 Å². The fourth-order valence-electron chi connectivity index (χ4n) is 0.999. The fraction of sp³-hybridized carbons (Fsp3) is 0.182. The number of hydrogen-bond donors (Lipinski definition) is 1. The number of carbonyl (C=O) groups is 1. The quantitative estimate of drug-likeness (QED) is 0.661. The summed E-state index contributed by atoms with van der Waals surface area (Å²) in [6.45, 7) is 0.615. The molecule has 0 fully saturated rings. The Balaban J connectivity index is 2.60. The minimum atomic E-state index is -0.949. The van der Waals surface area contributed by atoms with Crippen LogP contribution in [-0.2, 0) is 4.79 Å². The van der Waals surface area contributed by atoms with Crippen LogP contribution in [0.15, 0.2) is 30.3 Å². The molecule has 1 rings (SSSR count). The molecule has 0 saturated carbocycles. The molecule has 1 N–H and O–H groups in total. The number of carboxylic acid groups (broad SMARTS) is 1. The number of benzene rings is 1. The maximum atomic E-state index is 10.3. The predicted octanol–water partition coefficient (Wildman–Crippen LogP) is 2.56. The summed E-state index contributed by atoms with van der Waals surface area (Å²) >= 11 is 3.26. The Morgan fingerprint density at radius 1 is 1.40 bits per heavy atom. The van der Waals surface area contributed by atoms with E-state index in [0.29, 0.717) is 6.61 Å². The van der Waals surface area contributed by atoms with Crippen molar-refractivity contribution in [2.24, 2.45) is 0 Å². The van der Waals surface area contributed by atoms with Gasteiger partial charge in [0, 0.05) is 11.4 Å². The Bertz CT molecular complexity index is 343. The smallest absolute Gasteiger partial charge is 0.328 e. The Morgan fingerprint density at radius 2 is 2.07 bits per heavy atom. The van der Waals surface area contributed by atoms with Crippen molar-refractivity contribution in [1.82, 2.24) is 0 Å². The lowest BCUT2D eigenvalue weighted by atomic mass is 10.2. The van der Waals surface area contributed by atoms with Crippen LogP contribution >= 0.6 is 15.9 Å². The highest BCUT2D eigenvalue weighted by Crippen LogP contribution is 2.13. The summed E-state index contributed by atoms with van der Waals surface area (Å²) in [7, 11) is 0. The van der Waals surface area contributed by atoms with E-state index in [1.807, 2.05) is 24.3 Å². The third-order valence-corrected chi connectivity index (χ3v) is 1.97. The van der Waals surface area contributed by atoms with Crippen molar-refractivity contribution in [2.45, 2.75) is 0 Å². The molecule has 1 aromatic carbocycles. The van der Waals surface area contributed by atoms with E-state index in [0.717, 1.165) is 22.7 Å². The van der Waals surface area contributed by atoms with Gasteiger partial charge in [-0.05, 0) is 23.8 Å². The first kappa shape index (κ1) is 11.8. The van der Waals surface area contributed by atoms with E-state index in [-0.39, 0.29) is 0 Å². The van der Waals surface area contributed by atoms with Gasteiger partial charge in [0.15, 0.2) is 0 Å². The standard InChI is InChI=1S/C11H11BrO3/c12-7-8-15-10-4-1-9(2-5-10)3-6-11(13)14/h1-6H,7-8H2,(H,13,14)/b6-3+. The Hall–Kier alpha value is -1.29. The maximum Gasteiger partial charge on any atom is 0.328 e. The van der Waals surface area contributed by atoms with Crippen molar-refractivity contribution < 1.29 is 14.6 Å². The lowest BCUT2D eigenvalue weighted by molar-refractivity contribution is -0.131. The molecule has 0 unspecified atom stereocenters. The number of carboxylic acids is 1. The summed E-state index contributed by atoms with van der Waals surface area (Å²) in [5, 5.41) is 9.21. The second-order valence-electron chi connectivity index (χ2n) is 2.78. The molecule has 3 nitrogen and oxygen atoms in total. The van der Waals surface area contributed by atoms with Crippen LogP contribution in [0.2, 0.25) is 0 Å². The van der Waals surface area contributed by atoms with Gasteiger partial charge in [-0.15, -0.1) is 0 Å². The van der Waals surface area contributed by atoms with Gasteiger partial charge >= 0.3 is 5.97 Å². The van der Waals surface area contributed by atoms with E-state index in [4.69, 9.17) is 9.84 Å². The van der Waals surface area contributed by atoms with Gasteiger partial charge in [-0.3, -0.25) is 0 Å².